The van der Waals surface area contributed by atoms with Crippen molar-refractivity contribution in [3.05, 3.63) is 22.2 Å². The smallest absolute Gasteiger partial charge is 0.172 e. The number of hydrogen-bond donors (Lipinski definition) is 2. The molecular formula is C12H16BrNO2. The number of halogens is 1. The van der Waals surface area contributed by atoms with Crippen LogP contribution in [0.2, 0.25) is 0 Å². The van der Waals surface area contributed by atoms with E-state index in [-0.39, 0.29) is 5.75 Å². The lowest BCUT2D eigenvalue weighted by atomic mass is 9.97. The van der Waals surface area contributed by atoms with Gasteiger partial charge in [0.25, 0.3) is 0 Å². The van der Waals surface area contributed by atoms with E-state index in [4.69, 9.17) is 4.74 Å². The number of rotatable bonds is 2. The van der Waals surface area contributed by atoms with E-state index in [2.05, 4.69) is 21.2 Å². The van der Waals surface area contributed by atoms with E-state index in [1.807, 2.05) is 12.1 Å². The van der Waals surface area contributed by atoms with Crippen molar-refractivity contribution >= 4 is 15.9 Å². The molecule has 1 unspecified atom stereocenters. The molecule has 4 heteroatoms. The standard InChI is InChI=1S/C12H16BrNO2/c1-16-10-6-5-8(11(13)12(10)15)9-4-2-3-7-14-9/h5-6,9,14-15H,2-4,7H2,1H3. The largest absolute Gasteiger partial charge is 0.503 e. The molecule has 1 heterocycles. The Kier molecular flexibility index (Phi) is 3.71. The summed E-state index contributed by atoms with van der Waals surface area (Å²) in [6, 6.07) is 4.15. The molecule has 88 valence electrons. The Bertz CT molecular complexity index is 376. The SMILES string of the molecule is COc1ccc(C2CCCCN2)c(Br)c1O. The maximum atomic E-state index is 9.91. The Hall–Kier alpha value is -0.740. The van der Waals surface area contributed by atoms with Crippen molar-refractivity contribution < 1.29 is 9.84 Å². The van der Waals surface area contributed by atoms with Gasteiger partial charge in [-0.25, -0.2) is 0 Å². The molecule has 0 bridgehead atoms. The molecule has 0 saturated carbocycles. The molecule has 1 atom stereocenters. The summed E-state index contributed by atoms with van der Waals surface area (Å²) >= 11 is 3.44. The Morgan fingerprint density at radius 3 is 2.88 bits per heavy atom. The van der Waals surface area contributed by atoms with Crippen LogP contribution in [0.25, 0.3) is 0 Å². The maximum absolute atomic E-state index is 9.91. The van der Waals surface area contributed by atoms with Crippen LogP contribution in [0.3, 0.4) is 0 Å². The Morgan fingerprint density at radius 2 is 2.25 bits per heavy atom. The molecule has 1 fully saturated rings. The number of nitrogens with one attached hydrogen (secondary N) is 1. The summed E-state index contributed by atoms with van der Waals surface area (Å²) in [4.78, 5) is 0. The fourth-order valence-corrected chi connectivity index (χ4v) is 2.72. The molecule has 3 nitrogen and oxygen atoms in total. The fraction of sp³-hybridized carbons (Fsp3) is 0.500. The van der Waals surface area contributed by atoms with Gasteiger partial charge in [0.05, 0.1) is 11.6 Å². The number of phenolic OH excluding ortho intramolecular Hbond substituents is 1. The number of piperidine rings is 1. The monoisotopic (exact) mass is 285 g/mol. The van der Waals surface area contributed by atoms with Crippen LogP contribution in [-0.2, 0) is 0 Å². The van der Waals surface area contributed by atoms with E-state index in [0.717, 1.165) is 23.0 Å². The molecule has 0 spiro atoms. The molecule has 0 amide bonds. The molecule has 2 N–H and O–H groups in total. The third-order valence-corrected chi connectivity index (χ3v) is 3.85. The highest BCUT2D eigenvalue weighted by Gasteiger charge is 2.20. The van der Waals surface area contributed by atoms with Crippen molar-refractivity contribution in [1.82, 2.24) is 5.32 Å². The number of methoxy groups -OCH3 is 1. The van der Waals surface area contributed by atoms with E-state index < -0.39 is 0 Å². The summed E-state index contributed by atoms with van der Waals surface area (Å²) < 4.78 is 5.81. The second-order valence-corrected chi connectivity index (χ2v) is 4.82. The summed E-state index contributed by atoms with van der Waals surface area (Å²) in [7, 11) is 1.56. The highest BCUT2D eigenvalue weighted by Crippen LogP contribution is 2.40. The van der Waals surface area contributed by atoms with E-state index in [1.54, 1.807) is 7.11 Å². The van der Waals surface area contributed by atoms with Gasteiger partial charge < -0.3 is 15.2 Å². The summed E-state index contributed by atoms with van der Waals surface area (Å²) in [6.45, 7) is 1.05. The average Bonchev–Trinajstić information content (AvgIpc) is 2.34. The topological polar surface area (TPSA) is 41.5 Å². The molecule has 0 aliphatic carbocycles. The predicted octanol–water partition coefficient (Wildman–Crippen LogP) is 2.98. The molecule has 1 aromatic rings. The normalized spacial score (nSPS) is 20.8. The summed E-state index contributed by atoms with van der Waals surface area (Å²) in [5.74, 6) is 0.693. The van der Waals surface area contributed by atoms with Crippen molar-refractivity contribution in [2.24, 2.45) is 0 Å². The number of ether oxygens (including phenoxy) is 1. The molecule has 2 rings (SSSR count). The van der Waals surface area contributed by atoms with Crippen molar-refractivity contribution in [2.75, 3.05) is 13.7 Å². The lowest BCUT2D eigenvalue weighted by Gasteiger charge is -2.25. The van der Waals surface area contributed by atoms with Gasteiger partial charge in [-0.3, -0.25) is 0 Å². The second kappa shape index (κ2) is 5.06. The maximum Gasteiger partial charge on any atom is 0.172 e. The number of phenols is 1. The van der Waals surface area contributed by atoms with Crippen molar-refractivity contribution in [3.8, 4) is 11.5 Å². The van der Waals surface area contributed by atoms with Crippen molar-refractivity contribution in [2.45, 2.75) is 25.3 Å². The van der Waals surface area contributed by atoms with Crippen LogP contribution in [0.4, 0.5) is 0 Å². The Morgan fingerprint density at radius 1 is 1.44 bits per heavy atom. The molecular weight excluding hydrogens is 270 g/mol. The average molecular weight is 286 g/mol. The first kappa shape index (κ1) is 11.7. The molecule has 1 aliphatic heterocycles. The molecule has 16 heavy (non-hydrogen) atoms. The molecule has 1 aromatic carbocycles. The Balaban J connectivity index is 2.30. The fourth-order valence-electron chi connectivity index (χ4n) is 2.11. The van der Waals surface area contributed by atoms with Crippen LogP contribution in [-0.4, -0.2) is 18.8 Å². The van der Waals surface area contributed by atoms with E-state index in [0.29, 0.717) is 11.8 Å². The van der Waals surface area contributed by atoms with E-state index in [1.165, 1.54) is 12.8 Å². The summed E-state index contributed by atoms with van der Waals surface area (Å²) in [5, 5.41) is 13.4. The third kappa shape index (κ3) is 2.18. The lowest BCUT2D eigenvalue weighted by Crippen LogP contribution is -2.27. The minimum atomic E-state index is 0.187. The van der Waals surface area contributed by atoms with Crippen LogP contribution in [0, 0.1) is 0 Å². The van der Waals surface area contributed by atoms with Crippen LogP contribution >= 0.6 is 15.9 Å². The van der Waals surface area contributed by atoms with Gasteiger partial charge in [-0.05, 0) is 46.9 Å². The van der Waals surface area contributed by atoms with E-state index >= 15 is 0 Å². The minimum Gasteiger partial charge on any atom is -0.503 e. The zero-order valence-corrected chi connectivity index (χ0v) is 10.9. The van der Waals surface area contributed by atoms with Gasteiger partial charge in [0, 0.05) is 6.04 Å². The van der Waals surface area contributed by atoms with E-state index in [9.17, 15) is 5.11 Å². The first-order valence-corrected chi connectivity index (χ1v) is 6.32. The van der Waals surface area contributed by atoms with Gasteiger partial charge in [0.15, 0.2) is 11.5 Å². The van der Waals surface area contributed by atoms with Gasteiger partial charge in [-0.1, -0.05) is 12.5 Å². The summed E-state index contributed by atoms with van der Waals surface area (Å²) in [5.41, 5.74) is 1.11. The van der Waals surface area contributed by atoms with Crippen molar-refractivity contribution in [1.29, 1.82) is 0 Å². The molecule has 0 aromatic heterocycles. The van der Waals surface area contributed by atoms with Crippen LogP contribution in [0.5, 0.6) is 11.5 Å². The molecule has 1 aliphatic rings. The number of benzene rings is 1. The van der Waals surface area contributed by atoms with Crippen LogP contribution < -0.4 is 10.1 Å². The lowest BCUT2D eigenvalue weighted by molar-refractivity contribution is 0.367. The van der Waals surface area contributed by atoms with Gasteiger partial charge in [0.2, 0.25) is 0 Å². The predicted molar refractivity (Wildman–Crippen MR) is 67.0 cm³/mol. The zero-order chi connectivity index (χ0) is 11.5. The van der Waals surface area contributed by atoms with Crippen molar-refractivity contribution in [3.63, 3.8) is 0 Å². The first-order chi connectivity index (χ1) is 7.74. The highest BCUT2D eigenvalue weighted by atomic mass is 79.9. The van der Waals surface area contributed by atoms with Gasteiger partial charge in [-0.2, -0.15) is 0 Å². The van der Waals surface area contributed by atoms with Gasteiger partial charge >= 0.3 is 0 Å². The molecule has 1 saturated heterocycles. The number of aromatic hydroxyl groups is 1. The minimum absolute atomic E-state index is 0.187. The van der Waals surface area contributed by atoms with Gasteiger partial charge in [-0.15, -0.1) is 0 Å². The zero-order valence-electron chi connectivity index (χ0n) is 9.29. The summed E-state index contributed by atoms with van der Waals surface area (Å²) in [6.07, 6.45) is 3.58. The first-order valence-electron chi connectivity index (χ1n) is 5.52. The third-order valence-electron chi connectivity index (χ3n) is 3.01. The molecule has 0 radical (unpaired) electrons. The van der Waals surface area contributed by atoms with Gasteiger partial charge in [0.1, 0.15) is 0 Å². The Labute approximate surface area is 104 Å². The quantitative estimate of drug-likeness (QED) is 0.878. The van der Waals surface area contributed by atoms with Crippen LogP contribution in [0.15, 0.2) is 16.6 Å². The highest BCUT2D eigenvalue weighted by molar-refractivity contribution is 9.10. The second-order valence-electron chi connectivity index (χ2n) is 4.02. The number of hydrogen-bond acceptors (Lipinski definition) is 3. The van der Waals surface area contributed by atoms with Crippen LogP contribution in [0.1, 0.15) is 30.9 Å².